The largest absolute Gasteiger partial charge is 0.311 e. The molecule has 0 atom stereocenters. The van der Waals surface area contributed by atoms with Crippen LogP contribution in [0, 0.1) is 0 Å². The maximum absolute atomic E-state index is 12.8. The summed E-state index contributed by atoms with van der Waals surface area (Å²) in [5.41, 5.74) is 3.03. The van der Waals surface area contributed by atoms with Crippen molar-refractivity contribution in [1.29, 1.82) is 0 Å². The highest BCUT2D eigenvalue weighted by Gasteiger charge is 2.14. The Morgan fingerprint density at radius 2 is 1.58 bits per heavy atom. The summed E-state index contributed by atoms with van der Waals surface area (Å²) in [7, 11) is 0. The zero-order valence-electron chi connectivity index (χ0n) is 17.8. The SMILES string of the molecule is O=C(CCn1cnc2ccccc2c1=O)Nc1cc(-c2ccccc2)nn1-c1ccccc1. The molecule has 5 rings (SSSR count). The Balaban J connectivity index is 1.38. The fourth-order valence-corrected chi connectivity index (χ4v) is 3.68. The molecule has 1 amide bonds. The molecule has 0 aliphatic rings. The van der Waals surface area contributed by atoms with E-state index in [4.69, 9.17) is 5.10 Å². The molecule has 33 heavy (non-hydrogen) atoms. The van der Waals surface area contributed by atoms with Crippen LogP contribution >= 0.6 is 0 Å². The fraction of sp³-hybridized carbons (Fsp3) is 0.0769. The second kappa shape index (κ2) is 8.92. The first kappa shape index (κ1) is 20.4. The number of benzene rings is 3. The number of aromatic nitrogens is 4. The second-order valence-electron chi connectivity index (χ2n) is 7.59. The van der Waals surface area contributed by atoms with Crippen LogP contribution in [0.5, 0.6) is 0 Å². The van der Waals surface area contributed by atoms with Crippen LogP contribution in [0.4, 0.5) is 5.82 Å². The molecule has 1 N–H and O–H groups in total. The van der Waals surface area contributed by atoms with Gasteiger partial charge < -0.3 is 5.32 Å². The van der Waals surface area contributed by atoms with Crippen LogP contribution in [-0.4, -0.2) is 25.2 Å². The molecule has 7 heteroatoms. The first-order valence-corrected chi connectivity index (χ1v) is 10.6. The molecule has 0 fully saturated rings. The molecule has 0 unspecified atom stereocenters. The molecule has 162 valence electrons. The first-order valence-electron chi connectivity index (χ1n) is 10.6. The maximum atomic E-state index is 12.8. The average Bonchev–Trinajstić information content (AvgIpc) is 3.28. The number of nitrogens with one attached hydrogen (secondary N) is 1. The Morgan fingerprint density at radius 3 is 2.36 bits per heavy atom. The Hall–Kier alpha value is -4.52. The second-order valence-corrected chi connectivity index (χ2v) is 7.59. The van der Waals surface area contributed by atoms with Crippen molar-refractivity contribution >= 4 is 22.6 Å². The van der Waals surface area contributed by atoms with Crippen LogP contribution in [0.25, 0.3) is 27.8 Å². The van der Waals surface area contributed by atoms with Gasteiger partial charge >= 0.3 is 0 Å². The van der Waals surface area contributed by atoms with Gasteiger partial charge in [-0.05, 0) is 24.3 Å². The van der Waals surface area contributed by atoms with Crippen LogP contribution in [0.3, 0.4) is 0 Å². The number of fused-ring (bicyclic) bond motifs is 1. The molecule has 0 spiro atoms. The van der Waals surface area contributed by atoms with Crippen molar-refractivity contribution in [3.05, 3.63) is 108 Å². The molecule has 0 saturated heterocycles. The van der Waals surface area contributed by atoms with Crippen LogP contribution in [0.2, 0.25) is 0 Å². The van der Waals surface area contributed by atoms with Crippen molar-refractivity contribution in [1.82, 2.24) is 19.3 Å². The fourth-order valence-electron chi connectivity index (χ4n) is 3.68. The van der Waals surface area contributed by atoms with Gasteiger partial charge in [-0.3, -0.25) is 14.2 Å². The van der Waals surface area contributed by atoms with Crippen molar-refractivity contribution in [3.63, 3.8) is 0 Å². The predicted molar refractivity (Wildman–Crippen MR) is 128 cm³/mol. The number of anilines is 1. The van der Waals surface area contributed by atoms with Crippen molar-refractivity contribution in [3.8, 4) is 16.9 Å². The molecule has 3 aromatic carbocycles. The van der Waals surface area contributed by atoms with Crippen LogP contribution in [0.15, 0.2) is 102 Å². The van der Waals surface area contributed by atoms with Gasteiger partial charge in [0, 0.05) is 24.6 Å². The summed E-state index contributed by atoms with van der Waals surface area (Å²) < 4.78 is 3.18. The van der Waals surface area contributed by atoms with Gasteiger partial charge in [-0.15, -0.1) is 0 Å². The number of para-hydroxylation sites is 2. The minimum absolute atomic E-state index is 0.126. The van der Waals surface area contributed by atoms with E-state index in [0.717, 1.165) is 16.9 Å². The van der Waals surface area contributed by atoms with E-state index in [0.29, 0.717) is 16.7 Å². The van der Waals surface area contributed by atoms with E-state index in [1.165, 1.54) is 10.9 Å². The van der Waals surface area contributed by atoms with Gasteiger partial charge in [0.2, 0.25) is 5.91 Å². The van der Waals surface area contributed by atoms with E-state index in [2.05, 4.69) is 10.3 Å². The van der Waals surface area contributed by atoms with E-state index in [1.54, 1.807) is 22.9 Å². The topological polar surface area (TPSA) is 81.8 Å². The van der Waals surface area contributed by atoms with Crippen molar-refractivity contribution in [2.75, 3.05) is 5.32 Å². The molecule has 0 aliphatic carbocycles. The van der Waals surface area contributed by atoms with Gasteiger partial charge in [-0.2, -0.15) is 5.10 Å². The highest BCUT2D eigenvalue weighted by molar-refractivity contribution is 5.90. The predicted octanol–water partition coefficient (Wildman–Crippen LogP) is 4.28. The standard InChI is InChI=1S/C26H21N5O2/c32-25(15-16-30-18-27-22-14-8-7-13-21(22)26(30)33)28-24-17-23(19-9-3-1-4-10-19)29-31(24)20-11-5-2-6-12-20/h1-14,17-18H,15-16H2,(H,28,32). The number of nitrogens with zero attached hydrogens (tertiary/aromatic N) is 4. The third-order valence-electron chi connectivity index (χ3n) is 5.36. The third kappa shape index (κ3) is 4.29. The lowest BCUT2D eigenvalue weighted by Gasteiger charge is -2.10. The summed E-state index contributed by atoms with van der Waals surface area (Å²) in [6.07, 6.45) is 1.61. The number of aryl methyl sites for hydroxylation is 1. The van der Waals surface area contributed by atoms with E-state index in [9.17, 15) is 9.59 Å². The summed E-state index contributed by atoms with van der Waals surface area (Å²) in [6.45, 7) is 0.230. The van der Waals surface area contributed by atoms with Crippen LogP contribution in [0.1, 0.15) is 6.42 Å². The summed E-state index contributed by atoms with van der Waals surface area (Å²) in [4.78, 5) is 29.8. The van der Waals surface area contributed by atoms with Gasteiger partial charge in [0.1, 0.15) is 5.82 Å². The summed E-state index contributed by atoms with van der Waals surface area (Å²) >= 11 is 0. The lowest BCUT2D eigenvalue weighted by atomic mass is 10.1. The number of hydrogen-bond donors (Lipinski definition) is 1. The number of amides is 1. The Labute approximate surface area is 190 Å². The number of carbonyl (C=O) groups excluding carboxylic acids is 1. The molecular formula is C26H21N5O2. The summed E-state index contributed by atoms with van der Waals surface area (Å²) in [5, 5.41) is 8.20. The van der Waals surface area contributed by atoms with E-state index in [1.807, 2.05) is 72.8 Å². The van der Waals surface area contributed by atoms with Gasteiger partial charge in [-0.1, -0.05) is 60.7 Å². The molecule has 0 saturated carbocycles. The van der Waals surface area contributed by atoms with Crippen LogP contribution < -0.4 is 10.9 Å². The zero-order valence-corrected chi connectivity index (χ0v) is 17.8. The quantitative estimate of drug-likeness (QED) is 0.432. The van der Waals surface area contributed by atoms with E-state index >= 15 is 0 Å². The first-order chi connectivity index (χ1) is 16.2. The molecule has 7 nitrogen and oxygen atoms in total. The zero-order chi connectivity index (χ0) is 22.6. The Kier molecular flexibility index (Phi) is 5.51. The minimum Gasteiger partial charge on any atom is -0.311 e. The Morgan fingerprint density at radius 1 is 0.879 bits per heavy atom. The summed E-state index contributed by atoms with van der Waals surface area (Å²) in [5.74, 6) is 0.348. The Bertz CT molecular complexity index is 1470. The van der Waals surface area contributed by atoms with Crippen molar-refractivity contribution < 1.29 is 4.79 Å². The maximum Gasteiger partial charge on any atom is 0.261 e. The molecule has 0 aliphatic heterocycles. The highest BCUT2D eigenvalue weighted by atomic mass is 16.2. The molecule has 2 aromatic heterocycles. The van der Waals surface area contributed by atoms with Gasteiger partial charge in [0.25, 0.3) is 5.56 Å². The monoisotopic (exact) mass is 435 g/mol. The van der Waals surface area contributed by atoms with E-state index in [-0.39, 0.29) is 24.4 Å². The third-order valence-corrected chi connectivity index (χ3v) is 5.36. The molecular weight excluding hydrogens is 414 g/mol. The summed E-state index contributed by atoms with van der Waals surface area (Å²) in [6, 6.07) is 28.5. The van der Waals surface area contributed by atoms with E-state index < -0.39 is 0 Å². The molecule has 5 aromatic rings. The number of hydrogen-bond acceptors (Lipinski definition) is 4. The minimum atomic E-state index is -0.216. The molecule has 0 bridgehead atoms. The lowest BCUT2D eigenvalue weighted by Crippen LogP contribution is -2.24. The van der Waals surface area contributed by atoms with Gasteiger partial charge in [0.05, 0.1) is 28.6 Å². The average molecular weight is 435 g/mol. The normalized spacial score (nSPS) is 10.9. The lowest BCUT2D eigenvalue weighted by molar-refractivity contribution is -0.116. The van der Waals surface area contributed by atoms with Gasteiger partial charge in [-0.25, -0.2) is 9.67 Å². The molecule has 2 heterocycles. The van der Waals surface area contributed by atoms with Crippen LogP contribution in [-0.2, 0) is 11.3 Å². The number of carbonyl (C=O) groups is 1. The molecule has 0 radical (unpaired) electrons. The van der Waals surface area contributed by atoms with Crippen molar-refractivity contribution in [2.24, 2.45) is 0 Å². The van der Waals surface area contributed by atoms with Crippen molar-refractivity contribution in [2.45, 2.75) is 13.0 Å². The number of rotatable bonds is 6. The highest BCUT2D eigenvalue weighted by Crippen LogP contribution is 2.24. The smallest absolute Gasteiger partial charge is 0.261 e. The van der Waals surface area contributed by atoms with Gasteiger partial charge in [0.15, 0.2) is 0 Å².